The van der Waals surface area contributed by atoms with Crippen LogP contribution in [0.3, 0.4) is 0 Å². The SMILES string of the molecule is COc1ccc(OCCNCc2nnc(-c3ccc(C)cc3)o2)cc1. The number of nitrogens with one attached hydrogen (secondary N) is 1. The lowest BCUT2D eigenvalue weighted by molar-refractivity contribution is 0.309. The number of aromatic nitrogens is 2. The van der Waals surface area contributed by atoms with E-state index in [1.54, 1.807) is 7.11 Å². The molecule has 0 radical (unpaired) electrons. The van der Waals surface area contributed by atoms with Gasteiger partial charge in [0.15, 0.2) is 0 Å². The number of nitrogens with zero attached hydrogens (tertiary/aromatic N) is 2. The van der Waals surface area contributed by atoms with Gasteiger partial charge < -0.3 is 19.2 Å². The molecule has 1 N–H and O–H groups in total. The molecule has 0 aliphatic rings. The van der Waals surface area contributed by atoms with Crippen LogP contribution >= 0.6 is 0 Å². The molecular formula is C19H21N3O3. The van der Waals surface area contributed by atoms with Gasteiger partial charge in [-0.25, -0.2) is 0 Å². The molecule has 3 aromatic rings. The molecule has 1 aromatic heterocycles. The van der Waals surface area contributed by atoms with Crippen molar-refractivity contribution in [2.75, 3.05) is 20.3 Å². The van der Waals surface area contributed by atoms with Crippen LogP contribution in [-0.2, 0) is 6.54 Å². The van der Waals surface area contributed by atoms with Gasteiger partial charge in [-0.3, -0.25) is 0 Å². The third kappa shape index (κ3) is 4.81. The van der Waals surface area contributed by atoms with Crippen LogP contribution < -0.4 is 14.8 Å². The quantitative estimate of drug-likeness (QED) is 0.636. The van der Waals surface area contributed by atoms with E-state index in [4.69, 9.17) is 13.9 Å². The van der Waals surface area contributed by atoms with Crippen LogP contribution in [-0.4, -0.2) is 30.5 Å². The minimum absolute atomic E-state index is 0.505. The van der Waals surface area contributed by atoms with E-state index >= 15 is 0 Å². The zero-order chi connectivity index (χ0) is 17.5. The van der Waals surface area contributed by atoms with E-state index in [1.165, 1.54) is 5.56 Å². The number of benzene rings is 2. The second-order valence-electron chi connectivity index (χ2n) is 5.57. The minimum atomic E-state index is 0.505. The highest BCUT2D eigenvalue weighted by Gasteiger charge is 2.07. The normalized spacial score (nSPS) is 10.6. The Hall–Kier alpha value is -2.86. The second kappa shape index (κ2) is 8.30. The van der Waals surface area contributed by atoms with E-state index < -0.39 is 0 Å². The summed E-state index contributed by atoms with van der Waals surface area (Å²) >= 11 is 0. The topological polar surface area (TPSA) is 69.4 Å². The largest absolute Gasteiger partial charge is 0.497 e. The van der Waals surface area contributed by atoms with Crippen LogP contribution in [0.1, 0.15) is 11.5 Å². The monoisotopic (exact) mass is 339 g/mol. The van der Waals surface area contributed by atoms with E-state index in [-0.39, 0.29) is 0 Å². The van der Waals surface area contributed by atoms with Gasteiger partial charge in [0.25, 0.3) is 0 Å². The van der Waals surface area contributed by atoms with Crippen molar-refractivity contribution < 1.29 is 13.9 Å². The standard InChI is InChI=1S/C19H21N3O3/c1-14-3-5-15(6-4-14)19-22-21-18(25-19)13-20-11-12-24-17-9-7-16(23-2)8-10-17/h3-10,20H,11-13H2,1-2H3. The maximum absolute atomic E-state index is 5.66. The van der Waals surface area contributed by atoms with Crippen LogP contribution in [0.2, 0.25) is 0 Å². The maximum atomic E-state index is 5.66. The van der Waals surface area contributed by atoms with Gasteiger partial charge in [0.2, 0.25) is 11.8 Å². The van der Waals surface area contributed by atoms with Crippen molar-refractivity contribution in [3.8, 4) is 23.0 Å². The third-order valence-electron chi connectivity index (χ3n) is 3.65. The molecule has 25 heavy (non-hydrogen) atoms. The number of aryl methyl sites for hydroxylation is 1. The summed E-state index contributed by atoms with van der Waals surface area (Å²) in [5, 5.41) is 11.4. The number of ether oxygens (including phenoxy) is 2. The van der Waals surface area contributed by atoms with Crippen molar-refractivity contribution in [3.63, 3.8) is 0 Å². The van der Waals surface area contributed by atoms with Gasteiger partial charge in [-0.05, 0) is 43.3 Å². The van der Waals surface area contributed by atoms with Crippen LogP contribution in [0.25, 0.3) is 11.5 Å². The van der Waals surface area contributed by atoms with Crippen LogP contribution in [0.15, 0.2) is 52.9 Å². The number of hydrogen-bond donors (Lipinski definition) is 1. The highest BCUT2D eigenvalue weighted by Crippen LogP contribution is 2.18. The molecule has 0 bridgehead atoms. The van der Waals surface area contributed by atoms with Crippen LogP contribution in [0.4, 0.5) is 0 Å². The van der Waals surface area contributed by atoms with Crippen molar-refractivity contribution >= 4 is 0 Å². The predicted molar refractivity (Wildman–Crippen MR) is 94.7 cm³/mol. The smallest absolute Gasteiger partial charge is 0.247 e. The van der Waals surface area contributed by atoms with Crippen LogP contribution in [0.5, 0.6) is 11.5 Å². The lowest BCUT2D eigenvalue weighted by Gasteiger charge is -2.07. The van der Waals surface area contributed by atoms with E-state index in [0.29, 0.717) is 31.5 Å². The predicted octanol–water partition coefficient (Wildman–Crippen LogP) is 3.22. The summed E-state index contributed by atoms with van der Waals surface area (Å²) < 4.78 is 16.4. The van der Waals surface area contributed by atoms with Gasteiger partial charge in [-0.1, -0.05) is 17.7 Å². The molecule has 0 aliphatic heterocycles. The summed E-state index contributed by atoms with van der Waals surface area (Å²) in [4.78, 5) is 0. The Morgan fingerprint density at radius 1 is 0.960 bits per heavy atom. The van der Waals surface area contributed by atoms with Crippen molar-refractivity contribution in [1.82, 2.24) is 15.5 Å². The van der Waals surface area contributed by atoms with E-state index in [0.717, 1.165) is 17.1 Å². The molecule has 6 heteroatoms. The molecule has 3 rings (SSSR count). The van der Waals surface area contributed by atoms with Crippen molar-refractivity contribution in [1.29, 1.82) is 0 Å². The van der Waals surface area contributed by atoms with E-state index in [9.17, 15) is 0 Å². The first-order chi connectivity index (χ1) is 12.2. The van der Waals surface area contributed by atoms with Crippen molar-refractivity contribution in [2.45, 2.75) is 13.5 Å². The summed E-state index contributed by atoms with van der Waals surface area (Å²) in [5.41, 5.74) is 2.12. The molecule has 0 amide bonds. The van der Waals surface area contributed by atoms with Gasteiger partial charge in [-0.15, -0.1) is 10.2 Å². The molecular weight excluding hydrogens is 318 g/mol. The van der Waals surface area contributed by atoms with Gasteiger partial charge in [0, 0.05) is 12.1 Å². The molecule has 0 spiro atoms. The molecule has 0 unspecified atom stereocenters. The summed E-state index contributed by atoms with van der Waals surface area (Å²) in [7, 11) is 1.64. The fourth-order valence-electron chi connectivity index (χ4n) is 2.25. The summed E-state index contributed by atoms with van der Waals surface area (Å²) in [5.74, 6) is 2.71. The van der Waals surface area contributed by atoms with E-state index in [1.807, 2.05) is 55.5 Å². The average Bonchev–Trinajstić information content (AvgIpc) is 3.11. The molecule has 0 aliphatic carbocycles. The lowest BCUT2D eigenvalue weighted by atomic mass is 10.1. The average molecular weight is 339 g/mol. The molecule has 1 heterocycles. The fraction of sp³-hybridized carbons (Fsp3) is 0.263. The number of rotatable bonds is 8. The Kier molecular flexibility index (Phi) is 5.64. The molecule has 0 atom stereocenters. The first-order valence-corrected chi connectivity index (χ1v) is 8.11. The molecule has 130 valence electrons. The van der Waals surface area contributed by atoms with E-state index in [2.05, 4.69) is 15.5 Å². The second-order valence-corrected chi connectivity index (χ2v) is 5.57. The van der Waals surface area contributed by atoms with Crippen LogP contribution in [0, 0.1) is 6.92 Å². The molecule has 0 fully saturated rings. The zero-order valence-corrected chi connectivity index (χ0v) is 14.4. The fourth-order valence-corrected chi connectivity index (χ4v) is 2.25. The first kappa shape index (κ1) is 17.0. The molecule has 6 nitrogen and oxygen atoms in total. The van der Waals surface area contributed by atoms with Gasteiger partial charge in [0.1, 0.15) is 18.1 Å². The third-order valence-corrected chi connectivity index (χ3v) is 3.65. The Bertz CT molecular complexity index is 782. The summed E-state index contributed by atoms with van der Waals surface area (Å²) in [6.07, 6.45) is 0. The van der Waals surface area contributed by atoms with Gasteiger partial charge in [-0.2, -0.15) is 0 Å². The zero-order valence-electron chi connectivity index (χ0n) is 14.4. The molecule has 0 saturated carbocycles. The Morgan fingerprint density at radius 3 is 2.40 bits per heavy atom. The number of hydrogen-bond acceptors (Lipinski definition) is 6. The maximum Gasteiger partial charge on any atom is 0.247 e. The highest BCUT2D eigenvalue weighted by atomic mass is 16.5. The van der Waals surface area contributed by atoms with Crippen molar-refractivity contribution in [3.05, 3.63) is 60.0 Å². The molecule has 2 aromatic carbocycles. The Morgan fingerprint density at radius 2 is 1.68 bits per heavy atom. The van der Waals surface area contributed by atoms with Gasteiger partial charge in [0.05, 0.1) is 13.7 Å². The summed E-state index contributed by atoms with van der Waals surface area (Å²) in [6, 6.07) is 15.5. The van der Waals surface area contributed by atoms with Crippen molar-refractivity contribution in [2.24, 2.45) is 0 Å². The Balaban J connectivity index is 1.41. The molecule has 0 saturated heterocycles. The lowest BCUT2D eigenvalue weighted by Crippen LogP contribution is -2.20. The number of methoxy groups -OCH3 is 1. The highest BCUT2D eigenvalue weighted by molar-refractivity contribution is 5.52. The summed E-state index contributed by atoms with van der Waals surface area (Å²) in [6.45, 7) is 3.77. The van der Waals surface area contributed by atoms with Gasteiger partial charge >= 0.3 is 0 Å². The minimum Gasteiger partial charge on any atom is -0.497 e. The Labute approximate surface area is 146 Å². The first-order valence-electron chi connectivity index (χ1n) is 8.11.